The van der Waals surface area contributed by atoms with Gasteiger partial charge in [0.25, 0.3) is 0 Å². The molecule has 1 aliphatic rings. The zero-order valence-electron chi connectivity index (χ0n) is 11.1. The maximum atomic E-state index is 13.0. The van der Waals surface area contributed by atoms with Crippen LogP contribution < -0.4 is 5.32 Å². The first-order valence-electron chi connectivity index (χ1n) is 6.46. The summed E-state index contributed by atoms with van der Waals surface area (Å²) < 4.78 is 13.0. The molecule has 5 heteroatoms. The molecule has 1 fully saturated rings. The van der Waals surface area contributed by atoms with E-state index in [1.54, 1.807) is 4.90 Å². The average Bonchev–Trinajstić information content (AvgIpc) is 2.32. The van der Waals surface area contributed by atoms with E-state index in [4.69, 9.17) is 11.6 Å². The number of nitrogens with one attached hydrogen (secondary N) is 1. The monoisotopic (exact) mass is 284 g/mol. The number of carbonyl (C=O) groups is 1. The molecule has 2 atom stereocenters. The van der Waals surface area contributed by atoms with Gasteiger partial charge in [0.15, 0.2) is 0 Å². The first kappa shape index (κ1) is 14.1. The number of urea groups is 1. The second kappa shape index (κ2) is 5.78. The van der Waals surface area contributed by atoms with Crippen LogP contribution in [-0.2, 0) is 0 Å². The number of nitrogens with zero attached hydrogens (tertiary/aromatic N) is 1. The van der Waals surface area contributed by atoms with Crippen molar-refractivity contribution in [1.82, 2.24) is 4.90 Å². The van der Waals surface area contributed by atoms with E-state index in [1.165, 1.54) is 18.2 Å². The molecular weight excluding hydrogens is 267 g/mol. The van der Waals surface area contributed by atoms with Gasteiger partial charge in [-0.05, 0) is 36.5 Å². The van der Waals surface area contributed by atoms with Crippen LogP contribution in [0.25, 0.3) is 0 Å². The summed E-state index contributed by atoms with van der Waals surface area (Å²) in [5.74, 6) is 0.525. The number of halogens is 2. The molecule has 3 nitrogen and oxygen atoms in total. The molecule has 0 aromatic heterocycles. The standard InChI is InChI=1S/C14H18ClFN2O/c1-9-5-10(2)8-18(7-9)14(19)17-11-3-4-13(16)12(15)6-11/h3-4,6,9-10H,5,7-8H2,1-2H3,(H,17,19). The number of carbonyl (C=O) groups excluding carboxylic acids is 1. The first-order valence-corrected chi connectivity index (χ1v) is 6.84. The summed E-state index contributed by atoms with van der Waals surface area (Å²) in [7, 11) is 0. The van der Waals surface area contributed by atoms with Gasteiger partial charge in [-0.25, -0.2) is 9.18 Å². The Morgan fingerprint density at radius 1 is 1.37 bits per heavy atom. The lowest BCUT2D eigenvalue weighted by Gasteiger charge is -2.34. The van der Waals surface area contributed by atoms with Crippen LogP contribution in [0.2, 0.25) is 5.02 Å². The number of piperidine rings is 1. The number of hydrogen-bond donors (Lipinski definition) is 1. The molecule has 1 aliphatic heterocycles. The van der Waals surface area contributed by atoms with Gasteiger partial charge in [0.2, 0.25) is 0 Å². The molecular formula is C14H18ClFN2O. The molecule has 2 amide bonds. The van der Waals surface area contributed by atoms with Crippen LogP contribution >= 0.6 is 11.6 Å². The second-order valence-corrected chi connectivity index (χ2v) is 5.82. The number of hydrogen-bond acceptors (Lipinski definition) is 1. The fourth-order valence-electron chi connectivity index (χ4n) is 2.61. The molecule has 2 unspecified atom stereocenters. The minimum absolute atomic E-state index is 0.0122. The predicted molar refractivity (Wildman–Crippen MR) is 74.9 cm³/mol. The summed E-state index contributed by atoms with van der Waals surface area (Å²) in [5.41, 5.74) is 0.516. The topological polar surface area (TPSA) is 32.3 Å². The molecule has 19 heavy (non-hydrogen) atoms. The van der Waals surface area contributed by atoms with Crippen LogP contribution in [0.15, 0.2) is 18.2 Å². The van der Waals surface area contributed by atoms with Crippen molar-refractivity contribution in [3.8, 4) is 0 Å². The van der Waals surface area contributed by atoms with Crippen LogP contribution in [-0.4, -0.2) is 24.0 Å². The highest BCUT2D eigenvalue weighted by Crippen LogP contribution is 2.23. The molecule has 1 aromatic carbocycles. The van der Waals surface area contributed by atoms with Crippen LogP contribution in [0.5, 0.6) is 0 Å². The molecule has 0 aliphatic carbocycles. The number of amides is 2. The van der Waals surface area contributed by atoms with Gasteiger partial charge in [-0.3, -0.25) is 0 Å². The highest BCUT2D eigenvalue weighted by molar-refractivity contribution is 6.31. The predicted octanol–water partition coefficient (Wildman–Crippen LogP) is 3.99. The van der Waals surface area contributed by atoms with Crippen LogP contribution in [0.1, 0.15) is 20.3 Å². The first-order chi connectivity index (χ1) is 8.95. The summed E-state index contributed by atoms with van der Waals surface area (Å²) in [6, 6.07) is 4.03. The third-order valence-corrected chi connectivity index (χ3v) is 3.62. The van der Waals surface area contributed by atoms with Crippen molar-refractivity contribution in [3.63, 3.8) is 0 Å². The third kappa shape index (κ3) is 3.60. The summed E-state index contributed by atoms with van der Waals surface area (Å²) in [4.78, 5) is 13.9. The Morgan fingerprint density at radius 2 is 2.00 bits per heavy atom. The lowest BCUT2D eigenvalue weighted by molar-refractivity contribution is 0.156. The minimum Gasteiger partial charge on any atom is -0.324 e. The molecule has 0 radical (unpaired) electrons. The molecule has 1 N–H and O–H groups in total. The van der Waals surface area contributed by atoms with Crippen molar-refractivity contribution in [2.24, 2.45) is 11.8 Å². The quantitative estimate of drug-likeness (QED) is 0.831. The Balaban J connectivity index is 2.02. The number of anilines is 1. The van der Waals surface area contributed by atoms with E-state index in [1.807, 2.05) is 0 Å². The van der Waals surface area contributed by atoms with Crippen molar-refractivity contribution in [2.75, 3.05) is 18.4 Å². The van der Waals surface area contributed by atoms with E-state index >= 15 is 0 Å². The average molecular weight is 285 g/mol. The van der Waals surface area contributed by atoms with E-state index in [0.29, 0.717) is 17.5 Å². The highest BCUT2D eigenvalue weighted by Gasteiger charge is 2.25. The maximum Gasteiger partial charge on any atom is 0.321 e. The zero-order valence-corrected chi connectivity index (χ0v) is 11.9. The van der Waals surface area contributed by atoms with E-state index in [0.717, 1.165) is 19.5 Å². The van der Waals surface area contributed by atoms with Gasteiger partial charge < -0.3 is 10.2 Å². The van der Waals surface area contributed by atoms with E-state index in [-0.39, 0.29) is 11.1 Å². The van der Waals surface area contributed by atoms with Crippen LogP contribution in [0.3, 0.4) is 0 Å². The molecule has 2 rings (SSSR count). The van der Waals surface area contributed by atoms with Gasteiger partial charge in [-0.1, -0.05) is 25.4 Å². The lowest BCUT2D eigenvalue weighted by Crippen LogP contribution is -2.44. The zero-order chi connectivity index (χ0) is 14.0. The number of likely N-dealkylation sites (tertiary alicyclic amines) is 1. The fraction of sp³-hybridized carbons (Fsp3) is 0.500. The largest absolute Gasteiger partial charge is 0.324 e. The van der Waals surface area contributed by atoms with Crippen molar-refractivity contribution in [1.29, 1.82) is 0 Å². The SMILES string of the molecule is CC1CC(C)CN(C(=O)Nc2ccc(F)c(Cl)c2)C1. The van der Waals surface area contributed by atoms with Gasteiger partial charge >= 0.3 is 6.03 Å². The van der Waals surface area contributed by atoms with Crippen molar-refractivity contribution in [2.45, 2.75) is 20.3 Å². The molecule has 0 saturated carbocycles. The molecule has 1 aromatic rings. The smallest absolute Gasteiger partial charge is 0.321 e. The van der Waals surface area contributed by atoms with Crippen LogP contribution in [0, 0.1) is 17.7 Å². The lowest BCUT2D eigenvalue weighted by atomic mass is 9.92. The van der Waals surface area contributed by atoms with E-state index < -0.39 is 5.82 Å². The Morgan fingerprint density at radius 3 is 2.58 bits per heavy atom. The van der Waals surface area contributed by atoms with Gasteiger partial charge in [-0.15, -0.1) is 0 Å². The van der Waals surface area contributed by atoms with Crippen LogP contribution in [0.4, 0.5) is 14.9 Å². The molecule has 0 spiro atoms. The number of rotatable bonds is 1. The second-order valence-electron chi connectivity index (χ2n) is 5.41. The Hall–Kier alpha value is -1.29. The van der Waals surface area contributed by atoms with Crippen molar-refractivity contribution < 1.29 is 9.18 Å². The van der Waals surface area contributed by atoms with Crippen molar-refractivity contribution in [3.05, 3.63) is 29.0 Å². The van der Waals surface area contributed by atoms with Gasteiger partial charge in [-0.2, -0.15) is 0 Å². The molecule has 0 bridgehead atoms. The van der Waals surface area contributed by atoms with Gasteiger partial charge in [0.1, 0.15) is 5.82 Å². The Labute approximate surface area is 117 Å². The Bertz CT molecular complexity index is 471. The van der Waals surface area contributed by atoms with Gasteiger partial charge in [0.05, 0.1) is 5.02 Å². The minimum atomic E-state index is -0.486. The summed E-state index contributed by atoms with van der Waals surface area (Å²) >= 11 is 5.69. The summed E-state index contributed by atoms with van der Waals surface area (Å²) in [5, 5.41) is 2.77. The normalized spacial score (nSPS) is 23.3. The summed E-state index contributed by atoms with van der Waals surface area (Å²) in [6.07, 6.45) is 1.14. The van der Waals surface area contributed by atoms with Gasteiger partial charge in [0, 0.05) is 18.8 Å². The van der Waals surface area contributed by atoms with E-state index in [2.05, 4.69) is 19.2 Å². The van der Waals surface area contributed by atoms with Crippen molar-refractivity contribution >= 4 is 23.3 Å². The fourth-order valence-corrected chi connectivity index (χ4v) is 2.79. The Kier molecular flexibility index (Phi) is 4.30. The summed E-state index contributed by atoms with van der Waals surface area (Å²) in [6.45, 7) is 5.80. The molecule has 1 heterocycles. The van der Waals surface area contributed by atoms with E-state index in [9.17, 15) is 9.18 Å². The number of benzene rings is 1. The molecule has 1 saturated heterocycles. The third-order valence-electron chi connectivity index (χ3n) is 3.33. The molecule has 104 valence electrons. The highest BCUT2D eigenvalue weighted by atomic mass is 35.5. The maximum absolute atomic E-state index is 13.0.